The van der Waals surface area contributed by atoms with E-state index >= 15 is 0 Å². The van der Waals surface area contributed by atoms with Gasteiger partial charge in [-0.3, -0.25) is 0 Å². The van der Waals surface area contributed by atoms with E-state index in [9.17, 15) is 0 Å². The average Bonchev–Trinajstić information content (AvgIpc) is 3.58. The minimum atomic E-state index is -2.57. The van der Waals surface area contributed by atoms with Gasteiger partial charge in [-0.05, 0) is 0 Å². The molecule has 0 radical (unpaired) electrons. The summed E-state index contributed by atoms with van der Waals surface area (Å²) in [5.41, 5.74) is 11.1. The molecule has 4 aromatic rings. The van der Waals surface area contributed by atoms with E-state index in [-0.39, 0.29) is 10.8 Å². The van der Waals surface area contributed by atoms with Gasteiger partial charge in [-0.2, -0.15) is 0 Å². The van der Waals surface area contributed by atoms with Gasteiger partial charge in [0.2, 0.25) is 0 Å². The van der Waals surface area contributed by atoms with Crippen LogP contribution in [0.25, 0.3) is 11.1 Å². The minimum absolute atomic E-state index is 0.0836. The summed E-state index contributed by atoms with van der Waals surface area (Å²) < 4.78 is 3.56. The van der Waals surface area contributed by atoms with E-state index in [2.05, 4.69) is 152 Å². The molecule has 0 bridgehead atoms. The molecule has 0 atom stereocenters. The van der Waals surface area contributed by atoms with Crippen molar-refractivity contribution in [1.82, 2.24) is 0 Å². The van der Waals surface area contributed by atoms with Gasteiger partial charge in [0.25, 0.3) is 0 Å². The molecule has 212 valence electrons. The Morgan fingerprint density at radius 1 is 0.690 bits per heavy atom. The van der Waals surface area contributed by atoms with Gasteiger partial charge in [-0.15, -0.1) is 0 Å². The Morgan fingerprint density at radius 2 is 1.33 bits per heavy atom. The maximum absolute atomic E-state index is 2.57. The zero-order valence-electron chi connectivity index (χ0n) is 26.7. The van der Waals surface area contributed by atoms with Crippen molar-refractivity contribution < 1.29 is 20.4 Å². The van der Waals surface area contributed by atoms with Crippen LogP contribution in [0.15, 0.2) is 100 Å². The molecule has 0 N–H and O–H groups in total. The Bertz CT molecular complexity index is 1750. The Labute approximate surface area is 261 Å². The zero-order chi connectivity index (χ0) is 29.8. The molecule has 0 spiro atoms. The van der Waals surface area contributed by atoms with Crippen molar-refractivity contribution in [1.29, 1.82) is 0 Å². The summed E-state index contributed by atoms with van der Waals surface area (Å²) in [6.45, 7) is 18.9. The van der Waals surface area contributed by atoms with Crippen LogP contribution in [0.2, 0.25) is 0 Å². The molecule has 42 heavy (non-hydrogen) atoms. The van der Waals surface area contributed by atoms with Crippen molar-refractivity contribution in [2.24, 2.45) is 0 Å². The molecule has 0 aromatic heterocycles. The summed E-state index contributed by atoms with van der Waals surface area (Å²) in [5, 5.41) is 3.19. The first-order chi connectivity index (χ1) is 19.9. The number of benzene rings is 4. The number of rotatable bonds is 4. The van der Waals surface area contributed by atoms with Gasteiger partial charge in [-0.25, -0.2) is 0 Å². The van der Waals surface area contributed by atoms with E-state index < -0.39 is 25.8 Å². The number of hydrogen-bond acceptors (Lipinski definition) is 0. The van der Waals surface area contributed by atoms with Crippen molar-refractivity contribution in [3.63, 3.8) is 0 Å². The fourth-order valence-corrected chi connectivity index (χ4v) is 28.4. The van der Waals surface area contributed by atoms with Crippen LogP contribution in [0, 0.1) is 13.8 Å². The van der Waals surface area contributed by atoms with Crippen LogP contribution in [0.5, 0.6) is 0 Å². The van der Waals surface area contributed by atoms with Crippen LogP contribution in [-0.4, -0.2) is 5.43 Å². The third-order valence-corrected chi connectivity index (χ3v) is 27.7. The molecule has 4 aromatic carbocycles. The van der Waals surface area contributed by atoms with Gasteiger partial charge in [0.1, 0.15) is 0 Å². The first kappa shape index (κ1) is 29.5. The second kappa shape index (κ2) is 11.2. The molecule has 0 saturated heterocycles. The van der Waals surface area contributed by atoms with E-state index in [0.717, 1.165) is 12.8 Å². The second-order valence-electron chi connectivity index (χ2n) is 14.4. The van der Waals surface area contributed by atoms with Crippen molar-refractivity contribution in [2.45, 2.75) is 79.1 Å². The Hall–Kier alpha value is -2.54. The monoisotopic (exact) mass is 642 g/mol. The molecule has 6 rings (SSSR count). The first-order valence-corrected chi connectivity index (χ1v) is 23.1. The molecule has 0 saturated carbocycles. The second-order valence-corrected chi connectivity index (χ2v) is 27.6. The number of hydrogen-bond donors (Lipinski definition) is 0. The van der Waals surface area contributed by atoms with Crippen LogP contribution < -0.4 is 13.6 Å². The van der Waals surface area contributed by atoms with Gasteiger partial charge in [0.05, 0.1) is 0 Å². The molecule has 0 heterocycles. The summed E-state index contributed by atoms with van der Waals surface area (Å²) in [5.74, 6) is 0. The summed E-state index contributed by atoms with van der Waals surface area (Å²) in [6, 6.07) is 31.4. The van der Waals surface area contributed by atoms with Gasteiger partial charge in [0, 0.05) is 0 Å². The molecule has 2 aliphatic rings. The van der Waals surface area contributed by atoms with E-state index in [0.29, 0.717) is 0 Å². The number of allylic oxidation sites excluding steroid dienone is 4. The topological polar surface area (TPSA) is 0 Å². The Balaban J connectivity index is 1.74. The predicted molar refractivity (Wildman–Crippen MR) is 181 cm³/mol. The van der Waals surface area contributed by atoms with Gasteiger partial charge < -0.3 is 0 Å². The van der Waals surface area contributed by atoms with Crippen LogP contribution in [0.1, 0.15) is 81.3 Å². The molecule has 0 amide bonds. The number of aryl methyl sites for hydroxylation is 2. The third-order valence-electron chi connectivity index (χ3n) is 8.96. The third kappa shape index (κ3) is 5.58. The van der Waals surface area contributed by atoms with Crippen molar-refractivity contribution >= 4 is 19.1 Å². The van der Waals surface area contributed by atoms with E-state index in [1.54, 1.807) is 28.1 Å². The maximum atomic E-state index is 2.52. The van der Waals surface area contributed by atoms with Crippen molar-refractivity contribution in [2.75, 3.05) is 0 Å². The predicted octanol–water partition coefficient (Wildman–Crippen LogP) is 8.36. The molecule has 0 fully saturated rings. The number of fused-ring (bicyclic) bond motifs is 3. The van der Waals surface area contributed by atoms with Crippen LogP contribution >= 0.6 is 0 Å². The molecule has 2 aliphatic carbocycles. The molecular formula is C40H44SiZr. The van der Waals surface area contributed by atoms with Crippen molar-refractivity contribution in [3.8, 4) is 11.1 Å². The van der Waals surface area contributed by atoms with E-state index in [1.807, 2.05) is 0 Å². The summed E-state index contributed by atoms with van der Waals surface area (Å²) in [6.07, 6.45) is 9.46. The van der Waals surface area contributed by atoms with E-state index in [1.165, 1.54) is 33.4 Å². The van der Waals surface area contributed by atoms with Gasteiger partial charge in [-0.1, -0.05) is 0 Å². The zero-order valence-corrected chi connectivity index (χ0v) is 30.1. The van der Waals surface area contributed by atoms with Gasteiger partial charge in [0.15, 0.2) is 0 Å². The molecule has 0 nitrogen and oxygen atoms in total. The van der Waals surface area contributed by atoms with E-state index in [4.69, 9.17) is 0 Å². The normalized spacial score (nSPS) is 14.0. The Kier molecular flexibility index (Phi) is 7.86. The van der Waals surface area contributed by atoms with Crippen LogP contribution in [0.4, 0.5) is 0 Å². The van der Waals surface area contributed by atoms with Crippen LogP contribution in [-0.2, 0) is 37.6 Å². The van der Waals surface area contributed by atoms with Gasteiger partial charge >= 0.3 is 263 Å². The SMILES string of the molecule is Cc1cccc([Si](c2cccc(C)c2)=[Zr]([C]2=CC=CC2)[c]2c(C(C)(C)C)ccc3c2Cc2cc(C(C)(C)C)ccc2-3)c1. The summed E-state index contributed by atoms with van der Waals surface area (Å²) in [7, 11) is 0. The first-order valence-electron chi connectivity index (χ1n) is 15.5. The molecule has 2 heteroatoms. The average molecular weight is 644 g/mol. The summed E-state index contributed by atoms with van der Waals surface area (Å²) >= 11 is -2.57. The summed E-state index contributed by atoms with van der Waals surface area (Å²) in [4.78, 5) is 0. The quantitative estimate of drug-likeness (QED) is 0.173. The fourth-order valence-electron chi connectivity index (χ4n) is 6.79. The van der Waals surface area contributed by atoms with Crippen molar-refractivity contribution in [3.05, 3.63) is 134 Å². The fraction of sp³-hybridized carbons (Fsp3) is 0.300. The van der Waals surface area contributed by atoms with Crippen LogP contribution in [0.3, 0.4) is 0 Å². The molecule has 0 aliphatic heterocycles. The molecule has 0 unspecified atom stereocenters. The molecular weight excluding hydrogens is 600 g/mol. The standard InChI is InChI=1S/C21H25.C14H14Si.C5H5.Zr/c1-20(2,3)16-7-9-18-14(12-16)11-15-13-17(21(4,5)6)8-10-19(15)18;1-11-5-3-7-13(9-11)15-14-8-4-6-12(2)10-14;1-2-4-5-3-1;/h7-10,12H,11H2,1-6H3;3-10H,1-2H3;1-3H,4H2;. The Morgan fingerprint density at radius 3 is 1.88 bits per heavy atom.